The number of aliphatic carboxylic acids is 1. The van der Waals surface area contributed by atoms with Crippen LogP contribution in [0.15, 0.2) is 0 Å². The quantitative estimate of drug-likeness (QED) is 0.776. The minimum atomic E-state index is -5.08. The van der Waals surface area contributed by atoms with E-state index in [0.29, 0.717) is 11.8 Å². The number of ether oxygens (including phenoxy) is 1. The number of hydrogen-bond donors (Lipinski definition) is 1. The summed E-state index contributed by atoms with van der Waals surface area (Å²) in [6, 6.07) is 0. The number of rotatable bonds is 4. The highest BCUT2D eigenvalue weighted by atomic mass is 19.4. The van der Waals surface area contributed by atoms with Crippen molar-refractivity contribution in [1.29, 1.82) is 0 Å². The molecule has 0 bridgehead atoms. The Labute approximate surface area is 163 Å². The van der Waals surface area contributed by atoms with Gasteiger partial charge in [-0.2, -0.15) is 13.2 Å². The summed E-state index contributed by atoms with van der Waals surface area (Å²) in [5.74, 6) is 0.896. The second-order valence-corrected chi connectivity index (χ2v) is 8.36. The molecule has 0 radical (unpaired) electrons. The average molecular weight is 406 g/mol. The molecular weight excluding hydrogens is 377 g/mol. The van der Waals surface area contributed by atoms with Crippen LogP contribution in [-0.2, 0) is 14.3 Å². The van der Waals surface area contributed by atoms with Gasteiger partial charge in [-0.1, -0.05) is 0 Å². The molecule has 1 saturated carbocycles. The normalized spacial score (nSPS) is 30.5. The van der Waals surface area contributed by atoms with Gasteiger partial charge < -0.3 is 19.6 Å². The number of likely N-dealkylation sites (tertiary alicyclic amines) is 2. The first kappa shape index (κ1) is 21.4. The first-order valence-corrected chi connectivity index (χ1v) is 10.1. The van der Waals surface area contributed by atoms with E-state index in [9.17, 15) is 18.0 Å². The summed E-state index contributed by atoms with van der Waals surface area (Å²) in [6.07, 6.45) is 0.649. The molecule has 3 saturated heterocycles. The molecule has 9 heteroatoms. The van der Waals surface area contributed by atoms with E-state index in [1.165, 1.54) is 45.3 Å². The van der Waals surface area contributed by atoms with Crippen LogP contribution in [0.4, 0.5) is 13.2 Å². The lowest BCUT2D eigenvalue weighted by Gasteiger charge is -2.28. The van der Waals surface area contributed by atoms with Crippen molar-refractivity contribution in [2.75, 3.05) is 45.9 Å². The number of hydrogen-bond acceptors (Lipinski definition) is 4. The molecule has 0 aromatic rings. The highest BCUT2D eigenvalue weighted by Gasteiger charge is 2.56. The Balaban J connectivity index is 0.000000279. The molecule has 1 aliphatic carbocycles. The monoisotopic (exact) mass is 406 g/mol. The summed E-state index contributed by atoms with van der Waals surface area (Å²) in [5.41, 5.74) is 0. The van der Waals surface area contributed by atoms with Crippen LogP contribution in [0.1, 0.15) is 32.1 Å². The lowest BCUT2D eigenvalue weighted by atomic mass is 9.99. The Morgan fingerprint density at radius 1 is 1.04 bits per heavy atom. The second-order valence-electron chi connectivity index (χ2n) is 8.36. The van der Waals surface area contributed by atoms with Crippen molar-refractivity contribution < 1.29 is 32.6 Å². The van der Waals surface area contributed by atoms with Gasteiger partial charge in [0.05, 0.1) is 0 Å². The first-order valence-electron chi connectivity index (χ1n) is 10.1. The number of carboxylic acids is 1. The maximum absolute atomic E-state index is 12.2. The molecule has 1 N–H and O–H groups in total. The minimum Gasteiger partial charge on any atom is -0.475 e. The van der Waals surface area contributed by atoms with Crippen molar-refractivity contribution in [3.05, 3.63) is 0 Å². The maximum Gasteiger partial charge on any atom is 0.490 e. The zero-order valence-corrected chi connectivity index (χ0v) is 16.0. The van der Waals surface area contributed by atoms with Gasteiger partial charge in [-0.05, 0) is 49.4 Å². The predicted molar refractivity (Wildman–Crippen MR) is 94.6 cm³/mol. The van der Waals surface area contributed by atoms with Gasteiger partial charge in [-0.15, -0.1) is 0 Å². The van der Waals surface area contributed by atoms with Crippen molar-refractivity contribution in [2.45, 2.75) is 38.3 Å². The van der Waals surface area contributed by atoms with E-state index in [-0.39, 0.29) is 0 Å². The maximum atomic E-state index is 12.2. The van der Waals surface area contributed by atoms with Crippen LogP contribution >= 0.6 is 0 Å². The molecule has 4 rings (SSSR count). The SMILES string of the molecule is O=C(CC1[C@H]2CN(CC3CCOCC3)C[C@@H]12)N1CCCC1.O=C(O)C(F)(F)F. The molecular formula is C19H29F3N2O4. The highest BCUT2D eigenvalue weighted by Crippen LogP contribution is 2.54. The summed E-state index contributed by atoms with van der Waals surface area (Å²) in [6.45, 7) is 7.70. The molecule has 28 heavy (non-hydrogen) atoms. The molecule has 3 heterocycles. The molecule has 4 aliphatic rings. The second kappa shape index (κ2) is 8.98. The van der Waals surface area contributed by atoms with Crippen LogP contribution in [0.25, 0.3) is 0 Å². The summed E-state index contributed by atoms with van der Waals surface area (Å²) in [4.78, 5) is 25.9. The Bertz CT molecular complexity index is 548. The Morgan fingerprint density at radius 2 is 1.57 bits per heavy atom. The predicted octanol–water partition coefficient (Wildman–Crippen LogP) is 2.24. The number of nitrogens with zero attached hydrogens (tertiary/aromatic N) is 2. The lowest BCUT2D eigenvalue weighted by Crippen LogP contribution is -2.34. The summed E-state index contributed by atoms with van der Waals surface area (Å²) in [5, 5.41) is 7.12. The van der Waals surface area contributed by atoms with Gasteiger partial charge >= 0.3 is 12.1 Å². The van der Waals surface area contributed by atoms with Gasteiger partial charge in [0.2, 0.25) is 5.91 Å². The molecule has 3 atom stereocenters. The molecule has 160 valence electrons. The van der Waals surface area contributed by atoms with Gasteiger partial charge in [0, 0.05) is 52.4 Å². The standard InChI is InChI=1S/C17H28N2O2.C2HF3O2/c20-17(19-5-1-2-6-19)9-14-15-11-18(12-16(14)15)10-13-3-7-21-8-4-13;3-2(4,5)1(6)7/h13-16H,1-12H2;(H,6,7)/t14?,15-,16+;. The van der Waals surface area contributed by atoms with E-state index < -0.39 is 12.1 Å². The van der Waals surface area contributed by atoms with Gasteiger partial charge in [0.25, 0.3) is 0 Å². The van der Waals surface area contributed by atoms with Crippen LogP contribution in [-0.4, -0.2) is 78.9 Å². The molecule has 1 unspecified atom stereocenters. The van der Waals surface area contributed by atoms with Gasteiger partial charge in [-0.25, -0.2) is 4.79 Å². The van der Waals surface area contributed by atoms with Gasteiger partial charge in [-0.3, -0.25) is 4.79 Å². The topological polar surface area (TPSA) is 70.1 Å². The molecule has 0 spiro atoms. The Morgan fingerprint density at radius 3 is 2.07 bits per heavy atom. The van der Waals surface area contributed by atoms with Crippen molar-refractivity contribution in [2.24, 2.45) is 23.7 Å². The molecule has 0 aromatic heterocycles. The number of fused-ring (bicyclic) bond motifs is 1. The number of carbonyl (C=O) groups is 2. The van der Waals surface area contributed by atoms with Crippen LogP contribution in [0.3, 0.4) is 0 Å². The summed E-state index contributed by atoms with van der Waals surface area (Å²) in [7, 11) is 0. The van der Waals surface area contributed by atoms with Crippen LogP contribution in [0.5, 0.6) is 0 Å². The number of amides is 1. The zero-order valence-electron chi connectivity index (χ0n) is 16.0. The number of carboxylic acid groups (broad SMARTS) is 1. The lowest BCUT2D eigenvalue weighted by molar-refractivity contribution is -0.192. The number of piperidine rings is 1. The fourth-order valence-electron chi connectivity index (χ4n) is 4.78. The Kier molecular flexibility index (Phi) is 6.85. The Hall–Kier alpha value is -1.35. The molecule has 4 fully saturated rings. The van der Waals surface area contributed by atoms with Crippen LogP contribution < -0.4 is 0 Å². The number of carbonyl (C=O) groups excluding carboxylic acids is 1. The summed E-state index contributed by atoms with van der Waals surface area (Å²) >= 11 is 0. The third-order valence-electron chi connectivity index (χ3n) is 6.42. The number of halogens is 3. The van der Waals surface area contributed by atoms with E-state index in [0.717, 1.165) is 50.5 Å². The molecule has 3 aliphatic heterocycles. The molecule has 0 aromatic carbocycles. The highest BCUT2D eigenvalue weighted by molar-refractivity contribution is 5.77. The van der Waals surface area contributed by atoms with E-state index in [1.54, 1.807) is 0 Å². The third-order valence-corrected chi connectivity index (χ3v) is 6.42. The smallest absolute Gasteiger partial charge is 0.475 e. The van der Waals surface area contributed by atoms with E-state index >= 15 is 0 Å². The fourth-order valence-corrected chi connectivity index (χ4v) is 4.78. The van der Waals surface area contributed by atoms with E-state index in [1.807, 2.05) is 0 Å². The molecule has 1 amide bonds. The largest absolute Gasteiger partial charge is 0.490 e. The van der Waals surface area contributed by atoms with E-state index in [4.69, 9.17) is 14.6 Å². The van der Waals surface area contributed by atoms with Crippen LogP contribution in [0.2, 0.25) is 0 Å². The minimum absolute atomic E-state index is 0.433. The zero-order chi connectivity index (χ0) is 20.3. The summed E-state index contributed by atoms with van der Waals surface area (Å²) < 4.78 is 37.2. The van der Waals surface area contributed by atoms with Crippen molar-refractivity contribution >= 4 is 11.9 Å². The third kappa shape index (κ3) is 5.59. The van der Waals surface area contributed by atoms with Gasteiger partial charge in [0.1, 0.15) is 0 Å². The van der Waals surface area contributed by atoms with Crippen LogP contribution in [0, 0.1) is 23.7 Å². The van der Waals surface area contributed by atoms with Crippen molar-refractivity contribution in [1.82, 2.24) is 9.80 Å². The van der Waals surface area contributed by atoms with Crippen molar-refractivity contribution in [3.8, 4) is 0 Å². The van der Waals surface area contributed by atoms with Gasteiger partial charge in [0.15, 0.2) is 0 Å². The van der Waals surface area contributed by atoms with E-state index in [2.05, 4.69) is 9.80 Å². The first-order chi connectivity index (χ1) is 13.3. The van der Waals surface area contributed by atoms with Crippen molar-refractivity contribution in [3.63, 3.8) is 0 Å². The fraction of sp³-hybridized carbons (Fsp3) is 0.895. The average Bonchev–Trinajstić information content (AvgIpc) is 3.06. The number of alkyl halides is 3. The molecule has 6 nitrogen and oxygen atoms in total.